The summed E-state index contributed by atoms with van der Waals surface area (Å²) in [7, 11) is 15.8. The Labute approximate surface area is 773 Å². The van der Waals surface area contributed by atoms with Crippen molar-refractivity contribution in [2.75, 3.05) is 70.8 Å². The molecule has 8 unspecified atom stereocenters. The Morgan fingerprint density at radius 2 is 0.853 bits per heavy atom. The molecular weight excluding hydrogens is 1720 g/mol. The van der Waals surface area contributed by atoms with Crippen molar-refractivity contribution in [2.24, 2.45) is 71.0 Å². The number of carbonyl (C=O) groups is 4. The van der Waals surface area contributed by atoms with Gasteiger partial charge in [-0.05, 0) is 255 Å². The van der Waals surface area contributed by atoms with Crippen LogP contribution in [-0.2, 0) is 114 Å². The van der Waals surface area contributed by atoms with Crippen molar-refractivity contribution in [1.29, 1.82) is 0 Å². The molecule has 12 fully saturated rings. The molecule has 0 amide bonds. The first-order chi connectivity index (χ1) is 60.6. The van der Waals surface area contributed by atoms with E-state index in [0.717, 1.165) is 80.9 Å². The van der Waals surface area contributed by atoms with Crippen LogP contribution in [0, 0.1) is 84.9 Å². The molecule has 1 N–H and O–H groups in total. The maximum Gasteiger partial charge on any atom is 0.306 e. The minimum Gasteiger partial charge on any atom is -0.462 e. The third-order valence-electron chi connectivity index (χ3n) is 31.5. The van der Waals surface area contributed by atoms with Crippen molar-refractivity contribution in [3.05, 3.63) is 83.0 Å². The fourth-order valence-corrected chi connectivity index (χ4v) is 27.5. The Hall–Kier alpha value is -4.33. The number of hydrogen-bond acceptors (Lipinski definition) is 27. The third-order valence-corrected chi connectivity index (χ3v) is 34.7. The average Bonchev–Trinajstić information content (AvgIpc) is 1.52. The number of ketones is 2. The number of nitrogens with one attached hydrogen (secondary N) is 1. The zero-order valence-electron chi connectivity index (χ0n) is 78.3. The van der Waals surface area contributed by atoms with E-state index in [0.29, 0.717) is 68.0 Å². The monoisotopic (exact) mass is 1870 g/mol. The lowest BCUT2D eigenvalue weighted by atomic mass is 9.66. The molecular formula is C98H153ClN4O24S2. The van der Waals surface area contributed by atoms with Crippen molar-refractivity contribution in [3.8, 4) is 0 Å². The van der Waals surface area contributed by atoms with E-state index in [1.165, 1.54) is 12.1 Å². The maximum absolute atomic E-state index is 15.2. The summed E-state index contributed by atoms with van der Waals surface area (Å²) < 4.78 is 153. The number of carbonyl (C=O) groups excluding carboxylic acids is 4. The van der Waals surface area contributed by atoms with Crippen LogP contribution in [0.1, 0.15) is 197 Å². The molecule has 16 rings (SSSR count). The Kier molecular flexibility index (Phi) is 35.3. The zero-order chi connectivity index (χ0) is 91.3. The van der Waals surface area contributed by atoms with Gasteiger partial charge in [0.1, 0.15) is 48.8 Å². The van der Waals surface area contributed by atoms with Gasteiger partial charge in [-0.25, -0.2) is 16.8 Å². The van der Waals surface area contributed by atoms with E-state index in [1.54, 1.807) is 71.2 Å². The van der Waals surface area contributed by atoms with Crippen molar-refractivity contribution < 1.29 is 112 Å². The first-order valence-electron chi connectivity index (χ1n) is 47.1. The molecule has 2 aromatic carbocycles. The Balaban J connectivity index is 0.000000208. The van der Waals surface area contributed by atoms with Crippen molar-refractivity contribution in [2.45, 2.75) is 369 Å². The third kappa shape index (κ3) is 22.1. The van der Waals surface area contributed by atoms with E-state index >= 15 is 4.79 Å². The summed E-state index contributed by atoms with van der Waals surface area (Å²) in [6.45, 7) is 20.0. The number of Topliss-reactive ketones (excluding diaryl/α,β-unsaturated/α-hetero) is 2. The number of sulfonamides is 1. The number of halogens is 1. The molecule has 0 aromatic heterocycles. The largest absolute Gasteiger partial charge is 0.462 e. The van der Waals surface area contributed by atoms with Gasteiger partial charge < -0.3 is 90.9 Å². The van der Waals surface area contributed by atoms with Crippen LogP contribution < -0.4 is 5.32 Å². The molecule has 2 aromatic rings. The second kappa shape index (κ2) is 44.0. The highest BCUT2D eigenvalue weighted by atomic mass is 35.7. The number of aryl methyl sites for hydroxylation is 2. The van der Waals surface area contributed by atoms with Gasteiger partial charge in [-0.1, -0.05) is 90.1 Å². The number of ether oxygens (including phenoxy) is 16. The van der Waals surface area contributed by atoms with Gasteiger partial charge in [0, 0.05) is 113 Å². The highest BCUT2D eigenvalue weighted by Crippen LogP contribution is 2.66. The van der Waals surface area contributed by atoms with Crippen LogP contribution in [0.25, 0.3) is 0 Å². The fraction of sp³-hybridized carbons (Fsp3) is 0.796. The van der Waals surface area contributed by atoms with E-state index in [4.69, 9.17) is 86.5 Å². The molecule has 28 nitrogen and oxygen atoms in total. The highest BCUT2D eigenvalue weighted by molar-refractivity contribution is 8.13. The number of benzene rings is 2. The normalized spacial score (nSPS) is 42.7. The van der Waals surface area contributed by atoms with E-state index in [9.17, 15) is 31.2 Å². The van der Waals surface area contributed by atoms with E-state index in [2.05, 4.69) is 76.2 Å². The maximum atomic E-state index is 15.2. The summed E-state index contributed by atoms with van der Waals surface area (Å²) in [6, 6.07) is 13.9. The second-order valence-corrected chi connectivity index (χ2v) is 43.7. The minimum atomic E-state index is -3.94. The molecule has 8 heterocycles. The zero-order valence-corrected chi connectivity index (χ0v) is 80.7. The van der Waals surface area contributed by atoms with Gasteiger partial charge in [-0.3, -0.25) is 19.2 Å². The average molecular weight is 1870 g/mol. The number of esters is 2. The first kappa shape index (κ1) is 104. The summed E-state index contributed by atoms with van der Waals surface area (Å²) in [4.78, 5) is 62.4. The second-order valence-electron chi connectivity index (χ2n) is 39.3. The fourth-order valence-electron chi connectivity index (χ4n) is 24.9. The minimum absolute atomic E-state index is 0. The molecule has 0 spiro atoms. The highest BCUT2D eigenvalue weighted by Gasteiger charge is 2.73. The SMILES string of the molecule is C.C.CC[C@H]1CCC[C@H](O[C@H]2CC[C@H](N(C)C)C(C)O2)[C@@H](C)C(=O)C2=C[C@H]3[C@@H]4C[C@H](O[C@@H]5OC(C)[C@H](OC)C(OC)[C@@H]5OC)C[C@H]4C4N[C@@H]4[C@H]3[C@@H]2CC(=O)O1.CC[C@H]1CCC[C@H](O[C@H]2CC[C@H](N(C)C)C(C)O2)[C@@H](C)C(=O)C2=C[C@H]3[C@@H]4C[C@H](O[C@@H]5OC(C)[C@H](OC)C(OC)[C@@H]5OC)C[C@H]4[C@H]4[C@@H]([C@H]3[C@@H]2CC(=O)O1)N4S(=O)(=O)c1ccc(C)cc1.Cc1ccc(S(=O)(=O)Cl)cc1. The molecule has 14 aliphatic rings. The summed E-state index contributed by atoms with van der Waals surface area (Å²) >= 11 is 0. The van der Waals surface area contributed by atoms with Crippen LogP contribution in [0.4, 0.5) is 0 Å². The summed E-state index contributed by atoms with van der Waals surface area (Å²) in [5, 5.41) is 3.82. The number of allylic oxidation sites excluding steroid dienone is 4. The number of fused-ring (bicyclic) bond motifs is 16. The number of hydrogen-bond donors (Lipinski definition) is 1. The van der Waals surface area contributed by atoms with Crippen LogP contribution in [-0.4, -0.2) is 284 Å². The van der Waals surface area contributed by atoms with E-state index in [-0.39, 0.29) is 206 Å². The van der Waals surface area contributed by atoms with Crippen molar-refractivity contribution in [1.82, 2.24) is 19.4 Å². The van der Waals surface area contributed by atoms with E-state index in [1.807, 2.05) is 60.6 Å². The Morgan fingerprint density at radius 3 is 1.26 bits per heavy atom. The molecule has 31 heteroatoms. The molecule has 0 bridgehead atoms. The van der Waals surface area contributed by atoms with E-state index < -0.39 is 80.2 Å². The molecule has 728 valence electrons. The number of rotatable bonds is 21. The van der Waals surface area contributed by atoms with Gasteiger partial charge in [0.25, 0.3) is 9.05 Å². The van der Waals surface area contributed by atoms with Gasteiger partial charge >= 0.3 is 11.9 Å². The van der Waals surface area contributed by atoms with Crippen molar-refractivity contribution >= 4 is 53.3 Å². The predicted octanol–water partition coefficient (Wildman–Crippen LogP) is 13.1. The Bertz CT molecular complexity index is 4380. The topological polar surface area (TPSA) is 316 Å². The predicted molar refractivity (Wildman–Crippen MR) is 486 cm³/mol. The number of methoxy groups -OCH3 is 6. The molecule has 8 aliphatic heterocycles. The number of nitrogens with zero attached hydrogens (tertiary/aromatic N) is 3. The van der Waals surface area contributed by atoms with Crippen LogP contribution in [0.3, 0.4) is 0 Å². The molecule has 4 saturated carbocycles. The lowest BCUT2D eigenvalue weighted by Crippen LogP contribution is -2.59. The smallest absolute Gasteiger partial charge is 0.306 e. The Morgan fingerprint density at radius 1 is 0.457 bits per heavy atom. The standard InChI is InChI=1S/C48H72N2O12S.C41H66N2O10.C7H7ClO2S.2CH4/c1-11-29-13-12-14-38(62-40-20-19-37(49(6)7)27(4)58-40)26(3)44(52)36-23-33-32-21-30(61-48-47(57-10)46(56-9)45(55-8)28(5)59-48)22-35(32)42-43(41(33)34(36)24-39(51)60-29)50(42)63(53,54)31-17-15-25(2)16-18-31;1-10-23-12-11-13-31(53-33-15-14-30(43(5)6)21(3)49-33)20(2)37(45)29-18-26-25-16-24(52-41-40(48-9)39(47-8)38(46-7)22(4)50-41)17-28(25)35-36(42-35)34(26)27(29)19-32(44)51-23;1-6-2-4-7(5-3-6)11(8,9)10;;/h15-18,23,26-30,32-35,37-38,40-43,45-48H,11-14,19-22,24H2,1-10H3;18,20-28,30-31,33-36,38-42H,10-17,19H2,1-9H3;2-5H,1H3;2*1H4/t26-,27?,28?,29+,30+,32+,33+,34-,35-,37+,38+,40+,41-,42+,43-,45+,46?,47+,48+,50?;20-,21?,22?,23+,24+,25+,26+,27-,28-,30+,31+,33+,34-,35?,36-,38+,39?,40+,41+;;;/m11.../s1. The molecule has 8 saturated heterocycles. The summed E-state index contributed by atoms with van der Waals surface area (Å²) in [6.07, 6.45) is 10.3. The molecule has 0 radical (unpaired) electrons. The number of cyclic esters (lactones) is 2. The number of likely N-dealkylation sites (N-methyl/N-ethyl adjacent to an activating group) is 2. The van der Waals surface area contributed by atoms with Gasteiger partial charge in [0.15, 0.2) is 36.7 Å². The lowest BCUT2D eigenvalue weighted by Gasteiger charge is -2.44. The van der Waals surface area contributed by atoms with Crippen LogP contribution in [0.2, 0.25) is 0 Å². The van der Waals surface area contributed by atoms with Gasteiger partial charge in [-0.2, -0.15) is 4.31 Å². The molecule has 129 heavy (non-hydrogen) atoms. The van der Waals surface area contributed by atoms with Crippen molar-refractivity contribution in [3.63, 3.8) is 0 Å². The van der Waals surface area contributed by atoms with Gasteiger partial charge in [-0.15, -0.1) is 0 Å². The lowest BCUT2D eigenvalue weighted by molar-refractivity contribution is -0.314. The van der Waals surface area contributed by atoms with Crippen LogP contribution >= 0.6 is 10.7 Å². The van der Waals surface area contributed by atoms with Crippen LogP contribution in [0.5, 0.6) is 0 Å². The van der Waals surface area contributed by atoms with Gasteiger partial charge in [0.2, 0.25) is 10.0 Å². The van der Waals surface area contributed by atoms with Crippen LogP contribution in [0.15, 0.2) is 81.6 Å². The molecule has 39 atom stereocenters. The summed E-state index contributed by atoms with van der Waals surface area (Å²) in [5.41, 5.74) is 3.37. The first-order valence-corrected chi connectivity index (χ1v) is 50.8. The quantitative estimate of drug-likeness (QED) is 0.0689. The summed E-state index contributed by atoms with van der Waals surface area (Å²) in [5.74, 6) is -1.55. The van der Waals surface area contributed by atoms with Gasteiger partial charge in [0.05, 0.1) is 71.5 Å². The molecule has 6 aliphatic carbocycles.